The second-order valence-electron chi connectivity index (χ2n) is 12.5. The summed E-state index contributed by atoms with van der Waals surface area (Å²) in [6, 6.07) is 0.790. The summed E-state index contributed by atoms with van der Waals surface area (Å²) >= 11 is 0. The zero-order valence-electron chi connectivity index (χ0n) is 23.1. The van der Waals surface area contributed by atoms with Crippen molar-refractivity contribution in [1.82, 2.24) is 9.80 Å². The highest BCUT2D eigenvalue weighted by Gasteiger charge is 2.62. The van der Waals surface area contributed by atoms with E-state index in [-0.39, 0.29) is 36.0 Å². The van der Waals surface area contributed by atoms with Gasteiger partial charge in [-0.2, -0.15) is 0 Å². The van der Waals surface area contributed by atoms with Gasteiger partial charge in [0.1, 0.15) is 22.8 Å². The third-order valence-electron chi connectivity index (χ3n) is 9.82. The van der Waals surface area contributed by atoms with Gasteiger partial charge in [0.15, 0.2) is 5.60 Å². The number of carbonyl (C=O) groups excluding carboxylic acids is 3. The summed E-state index contributed by atoms with van der Waals surface area (Å²) in [6.07, 6.45) is 1.76. The van der Waals surface area contributed by atoms with Gasteiger partial charge in [0.25, 0.3) is 11.8 Å². The number of Topliss-reactive ketones (excluding diaryl/α,β-unsaturated/α-hetero) is 1. The molecule has 6 rings (SSSR count). The number of hydrogen-bond acceptors (Lipinski definition) is 9. The number of likely N-dealkylation sites (N-methyl/N-ethyl adjacent to an activating group) is 1. The van der Waals surface area contributed by atoms with Crippen LogP contribution in [0.4, 0.5) is 5.69 Å². The van der Waals surface area contributed by atoms with Crippen LogP contribution < -0.4 is 10.6 Å². The van der Waals surface area contributed by atoms with Gasteiger partial charge in [0, 0.05) is 50.8 Å². The van der Waals surface area contributed by atoms with Gasteiger partial charge in [-0.15, -0.1) is 0 Å². The highest BCUT2D eigenvalue weighted by Crippen LogP contribution is 2.54. The lowest BCUT2D eigenvalue weighted by molar-refractivity contribution is -0.148. The van der Waals surface area contributed by atoms with Gasteiger partial charge in [-0.1, -0.05) is 0 Å². The maximum atomic E-state index is 13.5. The molecule has 2 fully saturated rings. The van der Waals surface area contributed by atoms with Crippen LogP contribution in [0.2, 0.25) is 0 Å². The zero-order valence-corrected chi connectivity index (χ0v) is 23.1. The number of allylic oxidation sites excluding steroid dienone is 1. The number of primary amides is 1. The van der Waals surface area contributed by atoms with Crippen molar-refractivity contribution in [2.75, 3.05) is 46.2 Å². The van der Waals surface area contributed by atoms with Crippen LogP contribution in [0.3, 0.4) is 0 Å². The molecule has 4 aliphatic carbocycles. The molecule has 1 saturated heterocycles. The van der Waals surface area contributed by atoms with E-state index in [4.69, 9.17) is 5.73 Å². The van der Waals surface area contributed by atoms with Crippen LogP contribution in [0.25, 0.3) is 0 Å². The lowest BCUT2D eigenvalue weighted by Crippen LogP contribution is -2.63. The Balaban J connectivity index is 1.47. The molecule has 1 aromatic carbocycles. The first kappa shape index (κ1) is 26.6. The number of aromatic hydroxyl groups is 1. The van der Waals surface area contributed by atoms with Crippen molar-refractivity contribution in [2.24, 2.45) is 29.4 Å². The van der Waals surface area contributed by atoms with Crippen molar-refractivity contribution in [3.8, 4) is 5.75 Å². The van der Waals surface area contributed by atoms with Gasteiger partial charge < -0.3 is 36.0 Å². The molecule has 0 spiro atoms. The van der Waals surface area contributed by atoms with Crippen molar-refractivity contribution in [3.05, 3.63) is 45.4 Å². The summed E-state index contributed by atoms with van der Waals surface area (Å²) in [5.74, 6) is -4.01. The second kappa shape index (κ2) is 8.71. The fourth-order valence-electron chi connectivity index (χ4n) is 7.69. The van der Waals surface area contributed by atoms with Crippen LogP contribution in [0, 0.1) is 23.7 Å². The summed E-state index contributed by atoms with van der Waals surface area (Å²) in [5.41, 5.74) is 4.87. The fourth-order valence-corrected chi connectivity index (χ4v) is 7.69. The molecular formula is C29H36N4O7. The summed E-state index contributed by atoms with van der Waals surface area (Å²) in [4.78, 5) is 44.4. The Morgan fingerprint density at radius 2 is 1.70 bits per heavy atom. The number of benzene rings is 1. The average Bonchev–Trinajstić information content (AvgIpc) is 3.49. The van der Waals surface area contributed by atoms with E-state index in [0.717, 1.165) is 17.7 Å². The lowest BCUT2D eigenvalue weighted by atomic mass is 9.58. The van der Waals surface area contributed by atoms with Crippen LogP contribution in [0.5, 0.6) is 5.75 Å². The molecule has 2 unspecified atom stereocenters. The maximum Gasteiger partial charge on any atom is 0.257 e. The minimum absolute atomic E-state index is 0.0153. The highest BCUT2D eigenvalue weighted by molar-refractivity contribution is 6.24. The van der Waals surface area contributed by atoms with Crippen molar-refractivity contribution in [1.29, 1.82) is 0 Å². The van der Waals surface area contributed by atoms with Crippen LogP contribution in [0.1, 0.15) is 34.3 Å². The van der Waals surface area contributed by atoms with E-state index in [1.165, 1.54) is 0 Å². The van der Waals surface area contributed by atoms with Crippen LogP contribution >= 0.6 is 0 Å². The Bertz CT molecular complexity index is 1420. The first-order chi connectivity index (χ1) is 18.8. The molecule has 40 heavy (non-hydrogen) atoms. The zero-order chi connectivity index (χ0) is 29.0. The topological polar surface area (TPSA) is 168 Å². The molecule has 0 radical (unpaired) electrons. The SMILES string of the molecule is CN(C)c1cc(C(=O)N2CC3CC3C2)c(O)c2c1C[C@H]1C[C@H]3[C@H](N(C)C)C(O)=C(C(N)=O)C(=O)[C@@]3(O)C(O)=C1C2. The van der Waals surface area contributed by atoms with Gasteiger partial charge in [-0.3, -0.25) is 19.3 Å². The number of phenols is 1. The predicted molar refractivity (Wildman–Crippen MR) is 145 cm³/mol. The van der Waals surface area contributed by atoms with E-state index in [9.17, 15) is 34.8 Å². The normalized spacial score (nSPS) is 32.5. The number of phenolic OH excluding ortho intramolecular Hbond substituents is 1. The molecule has 11 heteroatoms. The Hall–Kier alpha value is -3.57. The Morgan fingerprint density at radius 3 is 2.27 bits per heavy atom. The van der Waals surface area contributed by atoms with Crippen LogP contribution in [0.15, 0.2) is 28.7 Å². The molecule has 6 N–H and O–H groups in total. The Morgan fingerprint density at radius 1 is 1.05 bits per heavy atom. The number of hydrogen-bond donors (Lipinski definition) is 5. The van der Waals surface area contributed by atoms with Crippen LogP contribution in [-0.2, 0) is 22.4 Å². The van der Waals surface area contributed by atoms with E-state index in [1.54, 1.807) is 30.0 Å². The number of aliphatic hydroxyl groups is 3. The quantitative estimate of drug-likeness (QED) is 0.337. The molecule has 214 valence electrons. The number of ketones is 1. The predicted octanol–water partition coefficient (Wildman–Crippen LogP) is 0.638. The number of nitrogens with two attached hydrogens (primary N) is 1. The highest BCUT2D eigenvalue weighted by atomic mass is 16.3. The summed E-state index contributed by atoms with van der Waals surface area (Å²) in [6.45, 7) is 1.36. The second-order valence-corrected chi connectivity index (χ2v) is 12.5. The number of anilines is 1. The van der Waals surface area contributed by atoms with E-state index in [1.807, 2.05) is 19.0 Å². The van der Waals surface area contributed by atoms with E-state index < -0.39 is 46.3 Å². The number of aliphatic hydroxyl groups excluding tert-OH is 2. The molecular weight excluding hydrogens is 516 g/mol. The van der Waals surface area contributed by atoms with Gasteiger partial charge in [0.2, 0.25) is 5.78 Å². The number of nitrogens with zero attached hydrogens (tertiary/aromatic N) is 3. The molecule has 1 aromatic rings. The average molecular weight is 553 g/mol. The van der Waals surface area contributed by atoms with E-state index >= 15 is 0 Å². The number of likely N-dealkylation sites (tertiary alicyclic amines) is 1. The molecule has 11 nitrogen and oxygen atoms in total. The smallest absolute Gasteiger partial charge is 0.257 e. The standard InChI is InChI=1S/C29H36N4O7/c1-31(2)20-9-18(28(39)33-10-13-5-14(13)11-33)23(34)17-8-15-12(6-16(17)20)7-19-22(32(3)4)24(35)21(27(30)38)26(37)29(19,40)25(15)36/h9,12-14,19,22,34-36,40H,5-8,10-11H2,1-4H3,(H2,30,38)/t12-,13?,14?,19-,22-,29-/m0/s1. The molecule has 0 aromatic heterocycles. The van der Waals surface area contributed by atoms with Crippen LogP contribution in [-0.4, -0.2) is 101 Å². The summed E-state index contributed by atoms with van der Waals surface area (Å²) in [5, 5.41) is 45.7. The number of carbonyl (C=O) groups is 3. The van der Waals surface area contributed by atoms with Gasteiger partial charge in [0.05, 0.1) is 11.6 Å². The van der Waals surface area contributed by atoms with Gasteiger partial charge in [-0.25, -0.2) is 0 Å². The first-order valence-corrected chi connectivity index (χ1v) is 13.7. The Labute approximate surface area is 232 Å². The molecule has 1 heterocycles. The molecule has 2 amide bonds. The fraction of sp³-hybridized carbons (Fsp3) is 0.552. The van der Waals surface area contributed by atoms with E-state index in [2.05, 4.69) is 0 Å². The lowest BCUT2D eigenvalue weighted by Gasteiger charge is -2.50. The molecule has 1 saturated carbocycles. The number of fused-ring (bicyclic) bond motifs is 4. The molecule has 1 aliphatic heterocycles. The first-order valence-electron chi connectivity index (χ1n) is 13.7. The Kier molecular flexibility index (Phi) is 5.80. The largest absolute Gasteiger partial charge is 0.510 e. The minimum Gasteiger partial charge on any atom is -0.510 e. The third-order valence-corrected chi connectivity index (χ3v) is 9.82. The summed E-state index contributed by atoms with van der Waals surface area (Å²) < 4.78 is 0. The van der Waals surface area contributed by atoms with Gasteiger partial charge >= 0.3 is 0 Å². The number of rotatable bonds is 4. The molecule has 5 aliphatic rings. The van der Waals surface area contributed by atoms with Crippen molar-refractivity contribution >= 4 is 23.3 Å². The van der Waals surface area contributed by atoms with Crippen molar-refractivity contribution in [3.63, 3.8) is 0 Å². The summed E-state index contributed by atoms with van der Waals surface area (Å²) in [7, 11) is 7.02. The number of amides is 2. The third kappa shape index (κ3) is 3.53. The minimum atomic E-state index is -2.47. The van der Waals surface area contributed by atoms with Crippen molar-refractivity contribution < 1.29 is 34.8 Å². The molecule has 0 bridgehead atoms. The monoisotopic (exact) mass is 552 g/mol. The molecule has 6 atom stereocenters. The van der Waals surface area contributed by atoms with Gasteiger partial charge in [-0.05, 0) is 68.3 Å². The number of piperidine rings is 1. The maximum absolute atomic E-state index is 13.5. The van der Waals surface area contributed by atoms with Crippen molar-refractivity contribution in [2.45, 2.75) is 37.3 Å². The van der Waals surface area contributed by atoms with E-state index in [0.29, 0.717) is 42.5 Å².